The Bertz CT molecular complexity index is 939. The van der Waals surface area contributed by atoms with Gasteiger partial charge in [-0.1, -0.05) is 0 Å². The molecular weight excluding hydrogens is 366 g/mol. The fourth-order valence-corrected chi connectivity index (χ4v) is 6.10. The Morgan fingerprint density at radius 1 is 1.15 bits per heavy atom. The quantitative estimate of drug-likeness (QED) is 0.824. The highest BCUT2D eigenvalue weighted by atomic mass is 32.2. The summed E-state index contributed by atoms with van der Waals surface area (Å²) in [6.45, 7) is 9.80. The summed E-state index contributed by atoms with van der Waals surface area (Å²) in [6, 6.07) is 0. The zero-order valence-electron chi connectivity index (χ0n) is 16.1. The molecule has 0 aromatic carbocycles. The summed E-state index contributed by atoms with van der Waals surface area (Å²) in [6.07, 6.45) is 1.54. The van der Waals surface area contributed by atoms with E-state index in [1.807, 2.05) is 13.8 Å². The van der Waals surface area contributed by atoms with Crippen molar-refractivity contribution in [1.82, 2.24) is 34.2 Å². The largest absolute Gasteiger partial charge is 0.312 e. The zero-order valence-corrected chi connectivity index (χ0v) is 17.0. The minimum Gasteiger partial charge on any atom is -0.312 e. The predicted octanol–water partition coefficient (Wildman–Crippen LogP) is 0.783. The summed E-state index contributed by atoms with van der Waals surface area (Å²) in [5.41, 5.74) is 1.30. The van der Waals surface area contributed by atoms with Crippen molar-refractivity contribution in [3.05, 3.63) is 23.0 Å². The first-order valence-corrected chi connectivity index (χ1v) is 11.0. The number of hydrogen-bond donors (Lipinski definition) is 1. The lowest BCUT2D eigenvalue weighted by molar-refractivity contribution is 0.307. The number of piperidine rings is 1. The van der Waals surface area contributed by atoms with Crippen LogP contribution in [0.5, 0.6) is 0 Å². The van der Waals surface area contributed by atoms with Gasteiger partial charge in [0.2, 0.25) is 10.0 Å². The van der Waals surface area contributed by atoms with Gasteiger partial charge in [0.25, 0.3) is 0 Å². The Kier molecular flexibility index (Phi) is 4.81. The second-order valence-electron chi connectivity index (χ2n) is 7.30. The molecule has 2 aromatic rings. The third kappa shape index (κ3) is 3.09. The van der Waals surface area contributed by atoms with E-state index in [4.69, 9.17) is 0 Å². The average molecular weight is 394 g/mol. The first-order chi connectivity index (χ1) is 12.9. The van der Waals surface area contributed by atoms with E-state index in [0.717, 1.165) is 49.8 Å². The molecule has 0 aliphatic carbocycles. The molecule has 2 aromatic heterocycles. The van der Waals surface area contributed by atoms with Gasteiger partial charge in [-0.05, 0) is 33.6 Å². The molecule has 2 aliphatic heterocycles. The first kappa shape index (κ1) is 18.6. The lowest BCUT2D eigenvalue weighted by Crippen LogP contribution is -2.39. The second-order valence-corrected chi connectivity index (χ2v) is 9.17. The maximum absolute atomic E-state index is 13.2. The minimum absolute atomic E-state index is 0.261. The molecule has 0 bridgehead atoms. The third-order valence-electron chi connectivity index (χ3n) is 5.68. The van der Waals surface area contributed by atoms with Crippen LogP contribution in [0.3, 0.4) is 0 Å². The number of nitrogens with zero attached hydrogens (tertiary/aromatic N) is 6. The zero-order chi connectivity index (χ0) is 19.2. The van der Waals surface area contributed by atoms with Gasteiger partial charge in [0, 0.05) is 38.6 Å². The summed E-state index contributed by atoms with van der Waals surface area (Å²) in [5.74, 6) is 2.25. The summed E-state index contributed by atoms with van der Waals surface area (Å²) in [4.78, 5) is 0.369. The molecular formula is C17H27N7O2S. The van der Waals surface area contributed by atoms with Gasteiger partial charge in [-0.3, -0.25) is 4.68 Å². The number of nitrogens with one attached hydrogen (secondary N) is 1. The van der Waals surface area contributed by atoms with Crippen molar-refractivity contribution in [3.8, 4) is 0 Å². The van der Waals surface area contributed by atoms with E-state index in [-0.39, 0.29) is 5.92 Å². The molecule has 0 unspecified atom stereocenters. The van der Waals surface area contributed by atoms with Crippen LogP contribution in [0.2, 0.25) is 0 Å². The van der Waals surface area contributed by atoms with Crippen LogP contribution in [0.25, 0.3) is 0 Å². The molecule has 0 radical (unpaired) electrons. The van der Waals surface area contributed by atoms with Gasteiger partial charge in [-0.15, -0.1) is 10.2 Å². The van der Waals surface area contributed by atoms with Crippen molar-refractivity contribution in [3.63, 3.8) is 0 Å². The van der Waals surface area contributed by atoms with Crippen LogP contribution in [-0.2, 0) is 29.7 Å². The highest BCUT2D eigenvalue weighted by Crippen LogP contribution is 2.32. The standard InChI is InChI=1S/C17H27N7O2S/c1-4-24-13(3)16(12(2)21-24)27(25,26)22-8-5-14(6-9-22)17-20-19-15-11-18-7-10-23(15)17/h14,18H,4-11H2,1-3H3. The minimum atomic E-state index is -3.53. The molecule has 2 aliphatic rings. The van der Waals surface area contributed by atoms with E-state index in [9.17, 15) is 8.42 Å². The van der Waals surface area contributed by atoms with Crippen LogP contribution in [-0.4, -0.2) is 56.9 Å². The van der Waals surface area contributed by atoms with Crippen molar-refractivity contribution in [2.75, 3.05) is 19.6 Å². The molecule has 4 rings (SSSR count). The van der Waals surface area contributed by atoms with Crippen molar-refractivity contribution < 1.29 is 8.42 Å². The van der Waals surface area contributed by atoms with E-state index in [1.54, 1.807) is 15.9 Å². The molecule has 1 fully saturated rings. The van der Waals surface area contributed by atoms with Crippen LogP contribution in [0.1, 0.15) is 48.7 Å². The van der Waals surface area contributed by atoms with Gasteiger partial charge in [0.15, 0.2) is 0 Å². The molecule has 9 nitrogen and oxygen atoms in total. The number of rotatable bonds is 4. The van der Waals surface area contributed by atoms with Crippen LogP contribution in [0.15, 0.2) is 4.90 Å². The number of aromatic nitrogens is 5. The SMILES string of the molecule is CCn1nc(C)c(S(=O)(=O)N2CCC(c3nnc4n3CCNC4)CC2)c1C. The van der Waals surface area contributed by atoms with Crippen molar-refractivity contribution >= 4 is 10.0 Å². The van der Waals surface area contributed by atoms with E-state index in [1.165, 1.54) is 0 Å². The Hall–Kier alpha value is -1.78. The van der Waals surface area contributed by atoms with Gasteiger partial charge in [-0.2, -0.15) is 9.40 Å². The first-order valence-electron chi connectivity index (χ1n) is 9.60. The summed E-state index contributed by atoms with van der Waals surface area (Å²) in [7, 11) is -3.53. The van der Waals surface area contributed by atoms with Crippen LogP contribution in [0.4, 0.5) is 0 Å². The lowest BCUT2D eigenvalue weighted by Gasteiger charge is -2.31. The molecule has 0 saturated carbocycles. The molecule has 148 valence electrons. The molecule has 0 amide bonds. The third-order valence-corrected chi connectivity index (χ3v) is 7.83. The smallest absolute Gasteiger partial charge is 0.246 e. The van der Waals surface area contributed by atoms with Crippen LogP contribution < -0.4 is 5.32 Å². The lowest BCUT2D eigenvalue weighted by atomic mass is 9.97. The molecule has 4 heterocycles. The van der Waals surface area contributed by atoms with E-state index in [0.29, 0.717) is 30.2 Å². The van der Waals surface area contributed by atoms with Crippen molar-refractivity contribution in [1.29, 1.82) is 0 Å². The van der Waals surface area contributed by atoms with Gasteiger partial charge < -0.3 is 9.88 Å². The number of aryl methyl sites for hydroxylation is 2. The van der Waals surface area contributed by atoms with E-state index in [2.05, 4.69) is 25.2 Å². The maximum atomic E-state index is 13.2. The summed E-state index contributed by atoms with van der Waals surface area (Å²) in [5, 5.41) is 16.4. The monoisotopic (exact) mass is 393 g/mol. The second kappa shape index (κ2) is 6.99. The molecule has 1 N–H and O–H groups in total. The Balaban J connectivity index is 1.52. The topological polar surface area (TPSA) is 97.9 Å². The Morgan fingerprint density at radius 2 is 1.89 bits per heavy atom. The predicted molar refractivity (Wildman–Crippen MR) is 99.8 cm³/mol. The van der Waals surface area contributed by atoms with E-state index < -0.39 is 10.0 Å². The molecule has 1 saturated heterocycles. The molecule has 27 heavy (non-hydrogen) atoms. The summed E-state index contributed by atoms with van der Waals surface area (Å²) < 4.78 is 32.0. The Morgan fingerprint density at radius 3 is 2.56 bits per heavy atom. The highest BCUT2D eigenvalue weighted by Gasteiger charge is 2.35. The van der Waals surface area contributed by atoms with Crippen LogP contribution in [0, 0.1) is 13.8 Å². The Labute approximate surface area is 159 Å². The number of sulfonamides is 1. The van der Waals surface area contributed by atoms with Crippen LogP contribution >= 0.6 is 0 Å². The fourth-order valence-electron chi connectivity index (χ4n) is 4.26. The van der Waals surface area contributed by atoms with Gasteiger partial charge >= 0.3 is 0 Å². The fraction of sp³-hybridized carbons (Fsp3) is 0.706. The average Bonchev–Trinajstić information content (AvgIpc) is 3.22. The molecule has 10 heteroatoms. The summed E-state index contributed by atoms with van der Waals surface area (Å²) >= 11 is 0. The van der Waals surface area contributed by atoms with Gasteiger partial charge in [-0.25, -0.2) is 8.42 Å². The van der Waals surface area contributed by atoms with Crippen molar-refractivity contribution in [2.24, 2.45) is 0 Å². The molecule has 0 atom stereocenters. The number of fused-ring (bicyclic) bond motifs is 1. The van der Waals surface area contributed by atoms with E-state index >= 15 is 0 Å². The highest BCUT2D eigenvalue weighted by molar-refractivity contribution is 7.89. The molecule has 0 spiro atoms. The maximum Gasteiger partial charge on any atom is 0.246 e. The van der Waals surface area contributed by atoms with Gasteiger partial charge in [0.05, 0.1) is 17.9 Å². The number of hydrogen-bond acceptors (Lipinski definition) is 6. The van der Waals surface area contributed by atoms with Gasteiger partial charge in [0.1, 0.15) is 16.5 Å². The van der Waals surface area contributed by atoms with Crippen molar-refractivity contribution in [2.45, 2.75) is 64.1 Å². The normalized spacial score (nSPS) is 19.4.